The first-order valence-electron chi connectivity index (χ1n) is 7.88. The van der Waals surface area contributed by atoms with E-state index in [-0.39, 0.29) is 18.1 Å². The van der Waals surface area contributed by atoms with Crippen LogP contribution in [0.1, 0.15) is 42.1 Å². The lowest BCUT2D eigenvalue weighted by molar-refractivity contribution is 0.0690. The van der Waals surface area contributed by atoms with Gasteiger partial charge in [-0.2, -0.15) is 0 Å². The van der Waals surface area contributed by atoms with Crippen LogP contribution in [0.2, 0.25) is 5.15 Å². The van der Waals surface area contributed by atoms with Gasteiger partial charge in [0.2, 0.25) is 5.88 Å². The molecule has 0 bridgehead atoms. The van der Waals surface area contributed by atoms with E-state index in [1.54, 1.807) is 6.07 Å². The van der Waals surface area contributed by atoms with Gasteiger partial charge in [0.1, 0.15) is 16.8 Å². The molecule has 3 aliphatic rings. The molecule has 1 amide bonds. The molecule has 1 saturated heterocycles. The number of nitrogens with zero attached hydrogens (tertiary/aromatic N) is 2. The molecule has 0 N–H and O–H groups in total. The van der Waals surface area contributed by atoms with Gasteiger partial charge in [-0.05, 0) is 37.3 Å². The van der Waals surface area contributed by atoms with E-state index < -0.39 is 0 Å². The van der Waals surface area contributed by atoms with Gasteiger partial charge in [0.15, 0.2) is 0 Å². The van der Waals surface area contributed by atoms with Gasteiger partial charge < -0.3 is 14.4 Å². The molecule has 2 fully saturated rings. The molecular formula is C16H19ClN2O3. The topological polar surface area (TPSA) is 51.7 Å². The van der Waals surface area contributed by atoms with E-state index in [1.807, 2.05) is 4.90 Å². The largest absolute Gasteiger partial charge is 0.471 e. The second kappa shape index (κ2) is 5.39. The first kappa shape index (κ1) is 14.3. The van der Waals surface area contributed by atoms with E-state index in [4.69, 9.17) is 21.1 Å². The van der Waals surface area contributed by atoms with Crippen molar-refractivity contribution in [3.8, 4) is 5.88 Å². The molecule has 1 aromatic rings. The molecule has 2 aliphatic heterocycles. The number of aromatic nitrogens is 1. The minimum absolute atomic E-state index is 0.0208. The van der Waals surface area contributed by atoms with Gasteiger partial charge >= 0.3 is 0 Å². The molecule has 22 heavy (non-hydrogen) atoms. The van der Waals surface area contributed by atoms with Crippen molar-refractivity contribution in [1.29, 1.82) is 0 Å². The van der Waals surface area contributed by atoms with Crippen LogP contribution in [0.15, 0.2) is 6.07 Å². The Hall–Kier alpha value is -1.33. The number of halogens is 1. The lowest BCUT2D eigenvalue weighted by atomic mass is 10.2. The first-order valence-corrected chi connectivity index (χ1v) is 8.26. The fourth-order valence-corrected chi connectivity index (χ4v) is 3.51. The highest BCUT2D eigenvalue weighted by Gasteiger charge is 2.41. The summed E-state index contributed by atoms with van der Waals surface area (Å²) in [6.45, 7) is 3.96. The summed E-state index contributed by atoms with van der Waals surface area (Å²) >= 11 is 6.11. The zero-order chi connectivity index (χ0) is 15.3. The highest BCUT2D eigenvalue weighted by atomic mass is 35.5. The number of carbonyl (C=O) groups is 1. The van der Waals surface area contributed by atoms with Gasteiger partial charge in [0, 0.05) is 19.0 Å². The van der Waals surface area contributed by atoms with Gasteiger partial charge in [-0.25, -0.2) is 4.98 Å². The summed E-state index contributed by atoms with van der Waals surface area (Å²) in [5.74, 6) is 1.02. The fraction of sp³-hybridized carbons (Fsp3) is 0.625. The number of rotatable bonds is 4. The van der Waals surface area contributed by atoms with Crippen LogP contribution in [0.4, 0.5) is 0 Å². The van der Waals surface area contributed by atoms with Crippen molar-refractivity contribution in [3.63, 3.8) is 0 Å². The Balaban J connectivity index is 1.63. The van der Waals surface area contributed by atoms with E-state index in [1.165, 1.54) is 12.8 Å². The average Bonchev–Trinajstić information content (AvgIpc) is 3.12. The van der Waals surface area contributed by atoms with Crippen molar-refractivity contribution in [2.45, 2.75) is 44.9 Å². The Morgan fingerprint density at radius 3 is 2.95 bits per heavy atom. The summed E-state index contributed by atoms with van der Waals surface area (Å²) < 4.78 is 11.2. The molecule has 3 heterocycles. The SMILES string of the molecule is C[C@@H](C1CC1)N1Cc2cc(Cl)nc(OC3CCOC3)c2C1=O. The van der Waals surface area contributed by atoms with E-state index in [0.29, 0.717) is 42.3 Å². The summed E-state index contributed by atoms with van der Waals surface area (Å²) in [5, 5.41) is 0.376. The summed E-state index contributed by atoms with van der Waals surface area (Å²) in [6.07, 6.45) is 3.20. The lowest BCUT2D eigenvalue weighted by Crippen LogP contribution is -2.35. The smallest absolute Gasteiger partial charge is 0.260 e. The standard InChI is InChI=1S/C16H19ClN2O3/c1-9(10-2-3-10)19-7-11-6-13(17)18-15(14(11)16(19)20)22-12-4-5-21-8-12/h6,9-10,12H,2-5,7-8H2,1H3/t9-,12?/m0/s1. The molecule has 1 saturated carbocycles. The Kier molecular flexibility index (Phi) is 3.50. The zero-order valence-electron chi connectivity index (χ0n) is 12.5. The lowest BCUT2D eigenvalue weighted by Gasteiger charge is -2.24. The van der Waals surface area contributed by atoms with E-state index in [0.717, 1.165) is 12.0 Å². The molecule has 5 nitrogen and oxygen atoms in total. The molecule has 0 aromatic carbocycles. The molecule has 6 heteroatoms. The van der Waals surface area contributed by atoms with Gasteiger partial charge in [-0.1, -0.05) is 11.6 Å². The van der Waals surface area contributed by atoms with Crippen molar-refractivity contribution in [2.75, 3.05) is 13.2 Å². The number of pyridine rings is 1. The molecule has 2 atom stereocenters. The third-order valence-corrected chi connectivity index (χ3v) is 5.01. The quantitative estimate of drug-likeness (QED) is 0.800. The third-order valence-electron chi connectivity index (χ3n) is 4.81. The van der Waals surface area contributed by atoms with Gasteiger partial charge in [0.05, 0.1) is 13.2 Å². The minimum Gasteiger partial charge on any atom is -0.471 e. The van der Waals surface area contributed by atoms with Gasteiger partial charge in [0.25, 0.3) is 5.91 Å². The van der Waals surface area contributed by atoms with Crippen molar-refractivity contribution < 1.29 is 14.3 Å². The van der Waals surface area contributed by atoms with Crippen LogP contribution in [-0.2, 0) is 11.3 Å². The van der Waals surface area contributed by atoms with Crippen LogP contribution in [-0.4, -0.2) is 41.2 Å². The van der Waals surface area contributed by atoms with Crippen LogP contribution in [0.5, 0.6) is 5.88 Å². The van der Waals surface area contributed by atoms with Crippen LogP contribution < -0.4 is 4.74 Å². The van der Waals surface area contributed by atoms with Crippen molar-refractivity contribution in [3.05, 3.63) is 22.3 Å². The highest BCUT2D eigenvalue weighted by Crippen LogP contribution is 2.40. The van der Waals surface area contributed by atoms with Crippen molar-refractivity contribution in [1.82, 2.24) is 9.88 Å². The molecule has 0 radical (unpaired) electrons. The normalized spacial score (nSPS) is 25.5. The Labute approximate surface area is 134 Å². The second-order valence-electron chi connectivity index (χ2n) is 6.40. The maximum Gasteiger partial charge on any atom is 0.260 e. The molecule has 1 aromatic heterocycles. The molecule has 1 unspecified atom stereocenters. The van der Waals surface area contributed by atoms with Crippen molar-refractivity contribution >= 4 is 17.5 Å². The van der Waals surface area contributed by atoms with Crippen LogP contribution >= 0.6 is 11.6 Å². The number of fused-ring (bicyclic) bond motifs is 1. The highest BCUT2D eigenvalue weighted by molar-refractivity contribution is 6.29. The maximum absolute atomic E-state index is 12.8. The second-order valence-corrected chi connectivity index (χ2v) is 6.79. The maximum atomic E-state index is 12.8. The Bertz CT molecular complexity index is 612. The minimum atomic E-state index is -0.0437. The molecular weight excluding hydrogens is 304 g/mol. The van der Waals surface area contributed by atoms with Gasteiger partial charge in [-0.3, -0.25) is 4.79 Å². The predicted molar refractivity (Wildman–Crippen MR) is 81.2 cm³/mol. The zero-order valence-corrected chi connectivity index (χ0v) is 13.3. The third kappa shape index (κ3) is 2.46. The van der Waals surface area contributed by atoms with Crippen LogP contribution in [0.3, 0.4) is 0 Å². The fourth-order valence-electron chi connectivity index (χ4n) is 3.30. The summed E-state index contributed by atoms with van der Waals surface area (Å²) in [5.41, 5.74) is 1.51. The van der Waals surface area contributed by atoms with E-state index >= 15 is 0 Å². The number of ether oxygens (including phenoxy) is 2. The van der Waals surface area contributed by atoms with Gasteiger partial charge in [-0.15, -0.1) is 0 Å². The molecule has 1 aliphatic carbocycles. The van der Waals surface area contributed by atoms with Crippen molar-refractivity contribution in [2.24, 2.45) is 5.92 Å². The van der Waals surface area contributed by atoms with E-state index in [2.05, 4.69) is 11.9 Å². The number of hydrogen-bond donors (Lipinski definition) is 0. The van der Waals surface area contributed by atoms with Crippen LogP contribution in [0.25, 0.3) is 0 Å². The monoisotopic (exact) mass is 322 g/mol. The summed E-state index contributed by atoms with van der Waals surface area (Å²) in [7, 11) is 0. The number of amides is 1. The van der Waals surface area contributed by atoms with Crippen LogP contribution in [0, 0.1) is 5.92 Å². The number of carbonyl (C=O) groups excluding carboxylic acids is 1. The number of hydrogen-bond acceptors (Lipinski definition) is 4. The first-order chi connectivity index (χ1) is 10.6. The predicted octanol–water partition coefficient (Wildman–Crippen LogP) is 2.66. The molecule has 4 rings (SSSR count). The Morgan fingerprint density at radius 1 is 1.45 bits per heavy atom. The van der Waals surface area contributed by atoms with E-state index in [9.17, 15) is 4.79 Å². The molecule has 118 valence electrons. The summed E-state index contributed by atoms with van der Waals surface area (Å²) in [6, 6.07) is 2.05. The molecule has 0 spiro atoms. The average molecular weight is 323 g/mol. The Morgan fingerprint density at radius 2 is 2.27 bits per heavy atom. The summed E-state index contributed by atoms with van der Waals surface area (Å²) in [4.78, 5) is 19.0.